The number of halogens is 1. The van der Waals surface area contributed by atoms with Crippen molar-refractivity contribution in [1.82, 2.24) is 0 Å². The van der Waals surface area contributed by atoms with Crippen molar-refractivity contribution in [3.05, 3.63) is 0 Å². The lowest BCUT2D eigenvalue weighted by Gasteiger charge is -2.26. The number of hydrogen-bond acceptors (Lipinski definition) is 1. The Morgan fingerprint density at radius 2 is 2.07 bits per heavy atom. The molecule has 2 heteroatoms. The number of unbranched alkanes of at least 4 members (excludes halogenated alkanes) is 2. The Labute approximate surface area is 102 Å². The highest BCUT2D eigenvalue weighted by atomic mass is 79.9. The van der Waals surface area contributed by atoms with Gasteiger partial charge < -0.3 is 0 Å². The van der Waals surface area contributed by atoms with Crippen LogP contribution in [0.2, 0.25) is 0 Å². The van der Waals surface area contributed by atoms with Gasteiger partial charge in [-0.2, -0.15) is 11.8 Å². The molecular formula is C12H23BrS. The highest BCUT2D eigenvalue weighted by Crippen LogP contribution is 2.32. The topological polar surface area (TPSA) is 0 Å². The highest BCUT2D eigenvalue weighted by molar-refractivity contribution is 9.09. The molecule has 0 spiro atoms. The van der Waals surface area contributed by atoms with Crippen molar-refractivity contribution in [2.75, 3.05) is 11.1 Å². The third-order valence-electron chi connectivity index (χ3n) is 3.02. The smallest absolute Gasteiger partial charge is 0.00495 e. The molecule has 84 valence electrons. The Bertz CT molecular complexity index is 138. The molecule has 1 aliphatic carbocycles. The molecule has 0 amide bonds. The second-order valence-corrected chi connectivity index (χ2v) is 6.72. The van der Waals surface area contributed by atoms with E-state index in [4.69, 9.17) is 0 Å². The average Bonchev–Trinajstić information content (AvgIpc) is 2.18. The van der Waals surface area contributed by atoms with E-state index in [-0.39, 0.29) is 0 Å². The van der Waals surface area contributed by atoms with Crippen LogP contribution in [-0.4, -0.2) is 16.3 Å². The lowest BCUT2D eigenvalue weighted by Crippen LogP contribution is -2.15. The van der Waals surface area contributed by atoms with Gasteiger partial charge in [0.25, 0.3) is 0 Å². The fourth-order valence-corrected chi connectivity index (χ4v) is 4.05. The maximum absolute atomic E-state index is 3.48. The van der Waals surface area contributed by atoms with E-state index in [9.17, 15) is 0 Å². The maximum atomic E-state index is 3.48. The Morgan fingerprint density at radius 3 is 2.79 bits per heavy atom. The fourth-order valence-electron chi connectivity index (χ4n) is 2.15. The summed E-state index contributed by atoms with van der Waals surface area (Å²) in [6.07, 6.45) is 10.1. The first-order chi connectivity index (χ1) is 6.83. The van der Waals surface area contributed by atoms with E-state index in [1.54, 1.807) is 0 Å². The van der Waals surface area contributed by atoms with Gasteiger partial charge in [-0.05, 0) is 37.4 Å². The van der Waals surface area contributed by atoms with Gasteiger partial charge in [-0.15, -0.1) is 0 Å². The van der Waals surface area contributed by atoms with E-state index in [1.165, 1.54) is 56.0 Å². The molecule has 0 heterocycles. The quantitative estimate of drug-likeness (QED) is 0.494. The second kappa shape index (κ2) is 8.04. The van der Waals surface area contributed by atoms with Gasteiger partial charge in [0.2, 0.25) is 0 Å². The number of hydrogen-bond donors (Lipinski definition) is 0. The predicted molar refractivity (Wildman–Crippen MR) is 71.5 cm³/mol. The first-order valence-electron chi connectivity index (χ1n) is 6.00. The second-order valence-electron chi connectivity index (χ2n) is 4.51. The van der Waals surface area contributed by atoms with Crippen molar-refractivity contribution in [2.24, 2.45) is 5.92 Å². The number of thioether (sulfide) groups is 1. The third kappa shape index (κ3) is 5.65. The van der Waals surface area contributed by atoms with Gasteiger partial charge in [0.15, 0.2) is 0 Å². The van der Waals surface area contributed by atoms with Crippen LogP contribution in [0.25, 0.3) is 0 Å². The summed E-state index contributed by atoms with van der Waals surface area (Å²) in [7, 11) is 0. The molecule has 0 saturated heterocycles. The van der Waals surface area contributed by atoms with Crippen LogP contribution in [0.4, 0.5) is 0 Å². The van der Waals surface area contributed by atoms with Crippen molar-refractivity contribution in [2.45, 2.75) is 57.1 Å². The molecule has 2 unspecified atom stereocenters. The van der Waals surface area contributed by atoms with Gasteiger partial charge in [-0.25, -0.2) is 0 Å². The molecule has 0 aliphatic heterocycles. The van der Waals surface area contributed by atoms with Crippen LogP contribution in [0.1, 0.15) is 51.9 Å². The van der Waals surface area contributed by atoms with E-state index in [0.29, 0.717) is 0 Å². The molecule has 14 heavy (non-hydrogen) atoms. The van der Waals surface area contributed by atoms with Crippen molar-refractivity contribution in [3.8, 4) is 0 Å². The van der Waals surface area contributed by atoms with Crippen LogP contribution in [-0.2, 0) is 0 Å². The van der Waals surface area contributed by atoms with Gasteiger partial charge in [0.05, 0.1) is 0 Å². The van der Waals surface area contributed by atoms with Crippen LogP contribution < -0.4 is 0 Å². The number of rotatable bonds is 6. The zero-order chi connectivity index (χ0) is 10.2. The molecule has 2 atom stereocenters. The molecular weight excluding hydrogens is 256 g/mol. The third-order valence-corrected chi connectivity index (χ3v) is 5.00. The van der Waals surface area contributed by atoms with Crippen molar-refractivity contribution < 1.29 is 0 Å². The van der Waals surface area contributed by atoms with E-state index in [2.05, 4.69) is 34.6 Å². The highest BCUT2D eigenvalue weighted by Gasteiger charge is 2.18. The predicted octanol–water partition coefficient (Wildman–Crippen LogP) is 4.86. The summed E-state index contributed by atoms with van der Waals surface area (Å²) in [5, 5.41) is 2.17. The maximum Gasteiger partial charge on any atom is 0.00495 e. The summed E-state index contributed by atoms with van der Waals surface area (Å²) in [5.74, 6) is 2.38. The summed E-state index contributed by atoms with van der Waals surface area (Å²) in [5.41, 5.74) is 0. The molecule has 0 nitrogen and oxygen atoms in total. The summed E-state index contributed by atoms with van der Waals surface area (Å²) < 4.78 is 0. The minimum Gasteiger partial charge on any atom is -0.159 e. The van der Waals surface area contributed by atoms with E-state index < -0.39 is 0 Å². The molecule has 1 saturated carbocycles. The van der Waals surface area contributed by atoms with Crippen LogP contribution >= 0.6 is 27.7 Å². The molecule has 0 aromatic heterocycles. The molecule has 0 aromatic carbocycles. The zero-order valence-corrected chi connectivity index (χ0v) is 11.7. The normalized spacial score (nSPS) is 27.9. The summed E-state index contributed by atoms with van der Waals surface area (Å²) in [4.78, 5) is 0. The molecule has 0 aromatic rings. The van der Waals surface area contributed by atoms with Gasteiger partial charge in [0, 0.05) is 10.6 Å². The molecule has 0 N–H and O–H groups in total. The lowest BCUT2D eigenvalue weighted by molar-refractivity contribution is 0.394. The minimum absolute atomic E-state index is 0.989. The molecule has 0 radical (unpaired) electrons. The molecule has 1 rings (SSSR count). The van der Waals surface area contributed by atoms with Crippen molar-refractivity contribution in [3.63, 3.8) is 0 Å². The summed E-state index contributed by atoms with van der Waals surface area (Å²) >= 11 is 5.72. The van der Waals surface area contributed by atoms with Crippen LogP contribution in [0.15, 0.2) is 0 Å². The lowest BCUT2D eigenvalue weighted by atomic mass is 9.91. The molecule has 0 bridgehead atoms. The van der Waals surface area contributed by atoms with Gasteiger partial charge in [-0.1, -0.05) is 42.1 Å². The van der Waals surface area contributed by atoms with Crippen LogP contribution in [0.3, 0.4) is 0 Å². The van der Waals surface area contributed by atoms with E-state index in [1.807, 2.05) is 0 Å². The van der Waals surface area contributed by atoms with Crippen molar-refractivity contribution >= 4 is 27.7 Å². The van der Waals surface area contributed by atoms with Crippen molar-refractivity contribution in [1.29, 1.82) is 0 Å². The Balaban J connectivity index is 1.95. The monoisotopic (exact) mass is 278 g/mol. The zero-order valence-electron chi connectivity index (χ0n) is 9.30. The van der Waals surface area contributed by atoms with E-state index >= 15 is 0 Å². The first-order valence-corrected chi connectivity index (χ1v) is 8.17. The molecule has 1 fully saturated rings. The van der Waals surface area contributed by atoms with Crippen LogP contribution in [0.5, 0.6) is 0 Å². The first kappa shape index (κ1) is 12.9. The Hall–Kier alpha value is 0.830. The van der Waals surface area contributed by atoms with Gasteiger partial charge in [0.1, 0.15) is 0 Å². The average molecular weight is 279 g/mol. The standard InChI is InChI=1S/C12H23BrS/c1-11-6-5-7-12(10-11)14-9-4-2-3-8-13/h11-12H,2-10H2,1H3. The Kier molecular flexibility index (Phi) is 7.40. The minimum atomic E-state index is 0.989. The van der Waals surface area contributed by atoms with Gasteiger partial charge >= 0.3 is 0 Å². The van der Waals surface area contributed by atoms with E-state index in [0.717, 1.165) is 11.2 Å². The molecule has 1 aliphatic rings. The fraction of sp³-hybridized carbons (Fsp3) is 1.00. The van der Waals surface area contributed by atoms with Gasteiger partial charge in [-0.3, -0.25) is 0 Å². The SMILES string of the molecule is CC1CCCC(SCCCCCBr)C1. The Morgan fingerprint density at radius 1 is 1.21 bits per heavy atom. The summed E-state index contributed by atoms with van der Waals surface area (Å²) in [6.45, 7) is 2.41. The summed E-state index contributed by atoms with van der Waals surface area (Å²) in [6, 6.07) is 0. The largest absolute Gasteiger partial charge is 0.159 e. The number of alkyl halides is 1. The van der Waals surface area contributed by atoms with Crippen LogP contribution in [0, 0.1) is 5.92 Å².